The summed E-state index contributed by atoms with van der Waals surface area (Å²) in [5.74, 6) is 2.72. The Labute approximate surface area is 110 Å². The molecule has 0 radical (unpaired) electrons. The topological polar surface area (TPSA) is 28.4 Å². The maximum atomic E-state index is 5.53. The summed E-state index contributed by atoms with van der Waals surface area (Å²) in [5.41, 5.74) is 0. The Morgan fingerprint density at radius 3 is 2.83 bits per heavy atom. The van der Waals surface area contributed by atoms with Gasteiger partial charge in [-0.1, -0.05) is 0 Å². The normalized spacial score (nSPS) is 27.4. The molecule has 1 aromatic rings. The fourth-order valence-electron chi connectivity index (χ4n) is 3.37. The van der Waals surface area contributed by atoms with E-state index >= 15 is 0 Å². The van der Waals surface area contributed by atoms with Gasteiger partial charge in [-0.2, -0.15) is 0 Å². The Morgan fingerprint density at radius 2 is 2.17 bits per heavy atom. The first-order valence-corrected chi connectivity index (χ1v) is 7.38. The molecule has 18 heavy (non-hydrogen) atoms. The van der Waals surface area contributed by atoms with E-state index in [9.17, 15) is 0 Å². The lowest BCUT2D eigenvalue weighted by Gasteiger charge is -2.34. The molecule has 1 N–H and O–H groups in total. The van der Waals surface area contributed by atoms with Crippen LogP contribution >= 0.6 is 0 Å². The van der Waals surface area contributed by atoms with Crippen LogP contribution in [0.4, 0.5) is 0 Å². The Hall–Kier alpha value is -0.800. The van der Waals surface area contributed by atoms with Crippen molar-refractivity contribution in [3.05, 3.63) is 24.2 Å². The van der Waals surface area contributed by atoms with Gasteiger partial charge in [0.1, 0.15) is 5.76 Å². The zero-order valence-electron chi connectivity index (χ0n) is 11.1. The Morgan fingerprint density at radius 1 is 1.28 bits per heavy atom. The molecule has 1 aromatic heterocycles. The van der Waals surface area contributed by atoms with Crippen molar-refractivity contribution in [2.24, 2.45) is 5.92 Å². The van der Waals surface area contributed by atoms with Crippen LogP contribution in [0.1, 0.15) is 37.4 Å². The number of nitrogens with one attached hydrogen (secondary N) is 1. The highest BCUT2D eigenvalue weighted by Crippen LogP contribution is 2.28. The molecule has 1 unspecified atom stereocenters. The molecule has 2 fully saturated rings. The number of furan rings is 1. The third kappa shape index (κ3) is 2.96. The van der Waals surface area contributed by atoms with E-state index in [1.54, 1.807) is 6.26 Å². The summed E-state index contributed by atoms with van der Waals surface area (Å²) in [6, 6.07) is 4.14. The molecule has 1 atom stereocenters. The first-order valence-electron chi connectivity index (χ1n) is 7.38. The van der Waals surface area contributed by atoms with E-state index in [1.165, 1.54) is 64.2 Å². The number of rotatable bonds is 3. The van der Waals surface area contributed by atoms with E-state index in [1.807, 2.05) is 6.07 Å². The van der Waals surface area contributed by atoms with Crippen LogP contribution in [0.15, 0.2) is 22.8 Å². The molecule has 0 aliphatic carbocycles. The van der Waals surface area contributed by atoms with Gasteiger partial charge in [-0.3, -0.25) is 0 Å². The lowest BCUT2D eigenvalue weighted by molar-refractivity contribution is 0.163. The first kappa shape index (κ1) is 12.2. The van der Waals surface area contributed by atoms with Crippen LogP contribution in [0.3, 0.4) is 0 Å². The second-order valence-corrected chi connectivity index (χ2v) is 5.80. The Balaban J connectivity index is 1.45. The van der Waals surface area contributed by atoms with E-state index < -0.39 is 0 Å². The molecule has 0 bridgehead atoms. The lowest BCUT2D eigenvalue weighted by Crippen LogP contribution is -2.41. The van der Waals surface area contributed by atoms with Crippen LogP contribution in [0.25, 0.3) is 0 Å². The van der Waals surface area contributed by atoms with Gasteiger partial charge in [0.05, 0.1) is 6.26 Å². The van der Waals surface area contributed by atoms with Crippen LogP contribution in [0.5, 0.6) is 0 Å². The molecule has 3 nitrogen and oxygen atoms in total. The summed E-state index contributed by atoms with van der Waals surface area (Å²) in [7, 11) is 0. The van der Waals surface area contributed by atoms with Crippen molar-refractivity contribution >= 4 is 0 Å². The van der Waals surface area contributed by atoms with Crippen LogP contribution in [-0.4, -0.2) is 37.6 Å². The summed E-state index contributed by atoms with van der Waals surface area (Å²) in [4.78, 5) is 2.65. The minimum absolute atomic E-state index is 0.653. The number of nitrogens with zero attached hydrogens (tertiary/aromatic N) is 1. The molecule has 0 spiro atoms. The summed E-state index contributed by atoms with van der Waals surface area (Å²) in [6.45, 7) is 6.21. The molecule has 100 valence electrons. The molecule has 2 aliphatic rings. The highest BCUT2D eigenvalue weighted by atomic mass is 16.3. The zero-order valence-corrected chi connectivity index (χ0v) is 11.1. The van der Waals surface area contributed by atoms with Crippen LogP contribution in [0.2, 0.25) is 0 Å². The number of hydrogen-bond acceptors (Lipinski definition) is 3. The van der Waals surface area contributed by atoms with Gasteiger partial charge in [0, 0.05) is 12.5 Å². The minimum atomic E-state index is 0.653. The maximum Gasteiger partial charge on any atom is 0.106 e. The molecule has 3 heteroatoms. The highest BCUT2D eigenvalue weighted by molar-refractivity contribution is 5.06. The fourth-order valence-corrected chi connectivity index (χ4v) is 3.37. The largest absolute Gasteiger partial charge is 0.469 e. The van der Waals surface area contributed by atoms with Crippen molar-refractivity contribution < 1.29 is 4.42 Å². The molecule has 2 saturated heterocycles. The van der Waals surface area contributed by atoms with Crippen molar-refractivity contribution in [3.8, 4) is 0 Å². The third-order valence-corrected chi connectivity index (χ3v) is 4.45. The SMILES string of the molecule is c1coc(C2CCN(CC3CCCNC3)CC2)c1. The number of likely N-dealkylation sites (tertiary alicyclic amines) is 1. The second-order valence-electron chi connectivity index (χ2n) is 5.80. The first-order chi connectivity index (χ1) is 8.92. The van der Waals surface area contributed by atoms with Gasteiger partial charge in [0.2, 0.25) is 0 Å². The number of piperidine rings is 2. The Kier molecular flexibility index (Phi) is 4.01. The molecular formula is C15H24N2O. The standard InChI is InChI=1S/C15H24N2O/c1-3-13(11-16-7-1)12-17-8-5-14(6-9-17)15-4-2-10-18-15/h2,4,10,13-14,16H,1,3,5-9,11-12H2. The Bertz CT molecular complexity index is 335. The van der Waals surface area contributed by atoms with Crippen LogP contribution < -0.4 is 5.32 Å². The van der Waals surface area contributed by atoms with Gasteiger partial charge in [-0.05, 0) is 69.9 Å². The number of hydrogen-bond donors (Lipinski definition) is 1. The highest BCUT2D eigenvalue weighted by Gasteiger charge is 2.24. The fraction of sp³-hybridized carbons (Fsp3) is 0.733. The van der Waals surface area contributed by atoms with Gasteiger partial charge in [0.15, 0.2) is 0 Å². The zero-order chi connectivity index (χ0) is 12.2. The minimum Gasteiger partial charge on any atom is -0.469 e. The monoisotopic (exact) mass is 248 g/mol. The maximum absolute atomic E-state index is 5.53. The third-order valence-electron chi connectivity index (χ3n) is 4.45. The van der Waals surface area contributed by atoms with E-state index in [0.29, 0.717) is 5.92 Å². The van der Waals surface area contributed by atoms with Crippen molar-refractivity contribution in [1.82, 2.24) is 10.2 Å². The summed E-state index contributed by atoms with van der Waals surface area (Å²) in [5, 5.41) is 3.51. The van der Waals surface area contributed by atoms with Gasteiger partial charge in [0.25, 0.3) is 0 Å². The molecule has 2 aliphatic heterocycles. The van der Waals surface area contributed by atoms with E-state index in [0.717, 1.165) is 5.92 Å². The smallest absolute Gasteiger partial charge is 0.106 e. The van der Waals surface area contributed by atoms with Crippen LogP contribution in [-0.2, 0) is 0 Å². The predicted octanol–water partition coefficient (Wildman–Crippen LogP) is 2.46. The van der Waals surface area contributed by atoms with E-state index in [2.05, 4.69) is 16.3 Å². The molecule has 3 rings (SSSR count). The molecule has 0 saturated carbocycles. The van der Waals surface area contributed by atoms with Crippen LogP contribution in [0, 0.1) is 5.92 Å². The van der Waals surface area contributed by atoms with Gasteiger partial charge in [-0.15, -0.1) is 0 Å². The summed E-state index contributed by atoms with van der Waals surface area (Å²) in [6.07, 6.45) is 7.08. The van der Waals surface area contributed by atoms with Gasteiger partial charge < -0.3 is 14.6 Å². The molecular weight excluding hydrogens is 224 g/mol. The van der Waals surface area contributed by atoms with Gasteiger partial charge >= 0.3 is 0 Å². The quantitative estimate of drug-likeness (QED) is 0.890. The average Bonchev–Trinajstić information content (AvgIpc) is 2.95. The summed E-state index contributed by atoms with van der Waals surface area (Å²) < 4.78 is 5.53. The summed E-state index contributed by atoms with van der Waals surface area (Å²) >= 11 is 0. The van der Waals surface area contributed by atoms with Crippen molar-refractivity contribution in [2.75, 3.05) is 32.7 Å². The van der Waals surface area contributed by atoms with Crippen molar-refractivity contribution in [1.29, 1.82) is 0 Å². The molecule has 0 amide bonds. The van der Waals surface area contributed by atoms with E-state index in [4.69, 9.17) is 4.42 Å². The van der Waals surface area contributed by atoms with Crippen molar-refractivity contribution in [2.45, 2.75) is 31.6 Å². The second kappa shape index (κ2) is 5.89. The van der Waals surface area contributed by atoms with E-state index in [-0.39, 0.29) is 0 Å². The van der Waals surface area contributed by atoms with Crippen molar-refractivity contribution in [3.63, 3.8) is 0 Å². The molecule has 0 aromatic carbocycles. The average molecular weight is 248 g/mol. The molecule has 3 heterocycles. The lowest BCUT2D eigenvalue weighted by atomic mass is 9.92. The van der Waals surface area contributed by atoms with Gasteiger partial charge in [-0.25, -0.2) is 0 Å². The predicted molar refractivity (Wildman–Crippen MR) is 72.7 cm³/mol.